The van der Waals surface area contributed by atoms with Crippen LogP contribution in [0.3, 0.4) is 0 Å². The quantitative estimate of drug-likeness (QED) is 0.0325. The van der Waals surface area contributed by atoms with Gasteiger partial charge in [-0.1, -0.05) is 43.7 Å². The summed E-state index contributed by atoms with van der Waals surface area (Å²) in [4.78, 5) is 23.5. The fourth-order valence-electron chi connectivity index (χ4n) is 10.4. The first-order valence-corrected chi connectivity index (χ1v) is 22.5. The van der Waals surface area contributed by atoms with Crippen molar-refractivity contribution in [2.75, 3.05) is 19.0 Å². The van der Waals surface area contributed by atoms with Gasteiger partial charge in [0.2, 0.25) is 5.75 Å². The van der Waals surface area contributed by atoms with Gasteiger partial charge in [-0.25, -0.2) is 4.98 Å². The first-order chi connectivity index (χ1) is 31.0. The van der Waals surface area contributed by atoms with Crippen LogP contribution in [0.5, 0.6) is 34.5 Å². The fraction of sp³-hybridized carbons (Fsp3) is 0.358. The molecule has 6 aromatic rings. The van der Waals surface area contributed by atoms with Crippen LogP contribution in [0.2, 0.25) is 0 Å². The van der Waals surface area contributed by atoms with E-state index in [9.17, 15) is 25.5 Å². The largest absolute Gasteiger partial charge is 0.508 e. The summed E-state index contributed by atoms with van der Waals surface area (Å²) in [7, 11) is 1.50. The minimum Gasteiger partial charge on any atom is -0.508 e. The van der Waals surface area contributed by atoms with Crippen LogP contribution in [-0.2, 0) is 29.5 Å². The average molecular weight is 866 g/mol. The number of aromatic hydroxyl groups is 4. The molecular formula is C53H59N3O8. The third kappa shape index (κ3) is 9.85. The molecule has 0 saturated heterocycles. The van der Waals surface area contributed by atoms with Gasteiger partial charge in [-0.3, -0.25) is 4.79 Å². The lowest BCUT2D eigenvalue weighted by molar-refractivity contribution is -0.131. The molecule has 334 valence electrons. The van der Waals surface area contributed by atoms with E-state index in [0.717, 1.165) is 59.0 Å². The summed E-state index contributed by atoms with van der Waals surface area (Å²) in [6.07, 6.45) is 13.0. The maximum Gasteiger partial charge on any atom is 0.200 e. The maximum atomic E-state index is 15.3. The molecule has 8 rings (SSSR count). The number of nitrogens with one attached hydrogen (secondary N) is 2. The normalized spacial score (nSPS) is 20.5. The Balaban J connectivity index is 1.14. The number of phenols is 4. The third-order valence-corrected chi connectivity index (χ3v) is 13.5. The van der Waals surface area contributed by atoms with Crippen LogP contribution in [0, 0.1) is 23.7 Å². The summed E-state index contributed by atoms with van der Waals surface area (Å²) in [6.45, 7) is 2.56. The van der Waals surface area contributed by atoms with Gasteiger partial charge >= 0.3 is 0 Å². The number of hydrogen-bond acceptors (Lipinski definition) is 10. The molecule has 4 aromatic carbocycles. The number of ketones is 1. The van der Waals surface area contributed by atoms with E-state index >= 15 is 4.79 Å². The molecule has 2 aliphatic carbocycles. The van der Waals surface area contributed by atoms with Gasteiger partial charge in [0.15, 0.2) is 23.0 Å². The number of fused-ring (bicyclic) bond motifs is 1. The Bertz CT molecular complexity index is 2590. The number of methoxy groups -OCH3 is 1. The topological polar surface area (TPSA) is 177 Å². The first kappa shape index (κ1) is 44.2. The van der Waals surface area contributed by atoms with Gasteiger partial charge in [-0.05, 0) is 163 Å². The van der Waals surface area contributed by atoms with Crippen molar-refractivity contribution >= 4 is 28.1 Å². The molecule has 0 amide bonds. The van der Waals surface area contributed by atoms with Crippen molar-refractivity contribution in [3.63, 3.8) is 0 Å². The first-order valence-electron chi connectivity index (χ1n) is 22.5. The Morgan fingerprint density at radius 1 is 0.922 bits per heavy atom. The van der Waals surface area contributed by atoms with Crippen LogP contribution in [-0.4, -0.2) is 61.1 Å². The van der Waals surface area contributed by atoms with Crippen molar-refractivity contribution in [3.05, 3.63) is 138 Å². The van der Waals surface area contributed by atoms with E-state index < -0.39 is 17.4 Å². The van der Waals surface area contributed by atoms with Gasteiger partial charge in [0.25, 0.3) is 0 Å². The average Bonchev–Trinajstić information content (AvgIpc) is 3.97. The highest BCUT2D eigenvalue weighted by atomic mass is 16.5. The van der Waals surface area contributed by atoms with Crippen LogP contribution in [0.1, 0.15) is 74.3 Å². The van der Waals surface area contributed by atoms with Crippen LogP contribution in [0.25, 0.3) is 10.8 Å². The molecular weight excluding hydrogens is 807 g/mol. The minimum atomic E-state index is -1.06. The van der Waals surface area contributed by atoms with E-state index in [2.05, 4.69) is 35.4 Å². The lowest BCUT2D eigenvalue weighted by Crippen LogP contribution is -2.49. The zero-order valence-electron chi connectivity index (χ0n) is 36.5. The van der Waals surface area contributed by atoms with Crippen LogP contribution in [0.15, 0.2) is 116 Å². The van der Waals surface area contributed by atoms with E-state index in [1.807, 2.05) is 48.7 Å². The Hall–Kier alpha value is -6.46. The molecule has 1 fully saturated rings. The zero-order chi connectivity index (χ0) is 44.8. The second-order valence-corrected chi connectivity index (χ2v) is 17.9. The highest BCUT2D eigenvalue weighted by Gasteiger charge is 2.54. The fourth-order valence-corrected chi connectivity index (χ4v) is 10.4. The van der Waals surface area contributed by atoms with Gasteiger partial charge in [-0.2, -0.15) is 0 Å². The monoisotopic (exact) mass is 865 g/mol. The number of phenolic OH excluding ortho intramolecular Hbond substituents is 4. The Labute approximate surface area is 374 Å². The second kappa shape index (κ2) is 19.5. The summed E-state index contributed by atoms with van der Waals surface area (Å²) in [5.41, 5.74) is 3.47. The Kier molecular flexibility index (Phi) is 13.5. The van der Waals surface area contributed by atoms with E-state index in [4.69, 9.17) is 14.5 Å². The SMILES string of the molecule is COc1cc(CCC(O)C(C(=O)CCc2cc(O)c(O)c(OCC3C=CCC(C)C3)c2)C2(c3ccnc(Nc4ccc5cc(O)ccc5c4)c3)CCCC2Cc2ccc[nH]2)ccc1O. The molecule has 7 N–H and O–H groups in total. The predicted octanol–water partition coefficient (Wildman–Crippen LogP) is 10.2. The number of pyridine rings is 1. The number of benzene rings is 4. The number of aromatic nitrogens is 2. The number of aliphatic hydroxyl groups excluding tert-OH is 1. The number of H-pyrrole nitrogens is 1. The van der Waals surface area contributed by atoms with Crippen LogP contribution in [0.4, 0.5) is 11.5 Å². The highest BCUT2D eigenvalue weighted by molar-refractivity contribution is 5.87. The molecule has 11 nitrogen and oxygen atoms in total. The van der Waals surface area contributed by atoms with Gasteiger partial charge < -0.3 is 45.3 Å². The van der Waals surface area contributed by atoms with Gasteiger partial charge in [0.05, 0.1) is 25.7 Å². The third-order valence-electron chi connectivity index (χ3n) is 13.5. The molecule has 6 unspecified atom stereocenters. The lowest BCUT2D eigenvalue weighted by Gasteiger charge is -2.45. The summed E-state index contributed by atoms with van der Waals surface area (Å²) in [5.74, 6) is 0.455. The van der Waals surface area contributed by atoms with Crippen LogP contribution >= 0.6 is 0 Å². The van der Waals surface area contributed by atoms with Crippen molar-refractivity contribution < 1.29 is 39.8 Å². The summed E-state index contributed by atoms with van der Waals surface area (Å²) >= 11 is 0. The van der Waals surface area contributed by atoms with Crippen molar-refractivity contribution in [2.45, 2.75) is 82.7 Å². The summed E-state index contributed by atoms with van der Waals surface area (Å²) in [6, 6.07) is 27.5. The van der Waals surface area contributed by atoms with Gasteiger partial charge in [0.1, 0.15) is 17.4 Å². The molecule has 0 aliphatic heterocycles. The van der Waals surface area contributed by atoms with Crippen molar-refractivity contribution in [1.82, 2.24) is 9.97 Å². The smallest absolute Gasteiger partial charge is 0.200 e. The van der Waals surface area contributed by atoms with Gasteiger partial charge in [0, 0.05) is 41.5 Å². The number of aliphatic hydroxyl groups is 1. The number of aromatic amines is 1. The lowest BCUT2D eigenvalue weighted by atomic mass is 9.59. The molecule has 0 spiro atoms. The van der Waals surface area contributed by atoms with E-state index in [1.165, 1.54) is 13.2 Å². The number of anilines is 2. The number of ether oxygens (including phenoxy) is 2. The zero-order valence-corrected chi connectivity index (χ0v) is 36.5. The van der Waals surface area contributed by atoms with E-state index in [1.54, 1.807) is 42.6 Å². The molecule has 0 bridgehead atoms. The Morgan fingerprint density at radius 3 is 2.56 bits per heavy atom. The predicted molar refractivity (Wildman–Crippen MR) is 249 cm³/mol. The van der Waals surface area contributed by atoms with Crippen molar-refractivity contribution in [1.29, 1.82) is 0 Å². The van der Waals surface area contributed by atoms with Crippen molar-refractivity contribution in [2.24, 2.45) is 23.7 Å². The second-order valence-electron chi connectivity index (χ2n) is 17.9. The molecule has 64 heavy (non-hydrogen) atoms. The molecule has 2 aromatic heterocycles. The standard InChI is InChI=1S/C53H59N3O8/c1-33-6-3-7-36(24-33)32-64-49-27-35(25-47(61)52(49)62)12-19-46(60)51(45(59)18-11-34-10-17-44(58)48(26-34)63-2)53(21-4-8-39(53)30-41-9-5-22-54-41)40-20-23-55-50(31-40)56-42-15-13-38-29-43(57)16-14-37(38)28-42/h3,5,7,9-10,13-17,20,22-23,25-29,31,33,36,39,45,51,54,57-59,61-62H,4,6,8,11-12,18-19,21,24,30,32H2,1-2H3,(H,55,56). The Morgan fingerprint density at radius 2 is 1.75 bits per heavy atom. The minimum absolute atomic E-state index is 0.0243. The number of carbonyl (C=O) groups is 1. The molecule has 0 radical (unpaired) electrons. The number of Topliss-reactive ketones (excluding diaryl/α,β-unsaturated/α-hetero) is 1. The van der Waals surface area contributed by atoms with Crippen molar-refractivity contribution in [3.8, 4) is 34.5 Å². The summed E-state index contributed by atoms with van der Waals surface area (Å²) < 4.78 is 11.5. The number of allylic oxidation sites excluding steroid dienone is 1. The van der Waals surface area contributed by atoms with Crippen LogP contribution < -0.4 is 14.8 Å². The van der Waals surface area contributed by atoms with E-state index in [-0.39, 0.29) is 65.6 Å². The number of rotatable bonds is 18. The molecule has 11 heteroatoms. The summed E-state index contributed by atoms with van der Waals surface area (Å²) in [5, 5.41) is 60.0. The molecule has 2 heterocycles. The number of carbonyl (C=O) groups excluding carboxylic acids is 1. The number of aryl methyl sites for hydroxylation is 2. The van der Waals surface area contributed by atoms with Gasteiger partial charge in [-0.15, -0.1) is 0 Å². The molecule has 6 atom stereocenters. The molecule has 2 aliphatic rings. The number of hydrogen-bond donors (Lipinski definition) is 7. The van der Waals surface area contributed by atoms with E-state index in [0.29, 0.717) is 48.9 Å². The maximum absolute atomic E-state index is 15.3. The number of nitrogens with zero attached hydrogens (tertiary/aromatic N) is 1. The molecule has 1 saturated carbocycles. The highest BCUT2D eigenvalue weighted by Crippen LogP contribution is 2.54.